The minimum absolute atomic E-state index is 0.0813. The third-order valence-corrected chi connectivity index (χ3v) is 2.71. The lowest BCUT2D eigenvalue weighted by Gasteiger charge is -2.07. The molecule has 1 N–H and O–H groups in total. The Bertz CT molecular complexity index is 614. The highest BCUT2D eigenvalue weighted by atomic mass is 16.5. The smallest absolute Gasteiger partial charge is 0.338 e. The SMILES string of the molecule is COC(=O)c1ccccc1C(=O)c1ccc(O)cc1. The van der Waals surface area contributed by atoms with Gasteiger partial charge in [-0.25, -0.2) is 4.79 Å². The van der Waals surface area contributed by atoms with Crippen molar-refractivity contribution in [1.82, 2.24) is 0 Å². The maximum Gasteiger partial charge on any atom is 0.338 e. The Morgan fingerprint density at radius 1 is 0.947 bits per heavy atom. The third kappa shape index (κ3) is 2.63. The molecule has 0 saturated heterocycles. The average molecular weight is 256 g/mol. The molecule has 0 atom stereocenters. The molecule has 0 saturated carbocycles. The van der Waals surface area contributed by atoms with Gasteiger partial charge in [0.1, 0.15) is 5.75 Å². The first-order valence-corrected chi connectivity index (χ1v) is 5.64. The van der Waals surface area contributed by atoms with Gasteiger partial charge in [-0.15, -0.1) is 0 Å². The van der Waals surface area contributed by atoms with E-state index in [0.29, 0.717) is 5.56 Å². The largest absolute Gasteiger partial charge is 0.508 e. The highest BCUT2D eigenvalue weighted by Gasteiger charge is 2.18. The van der Waals surface area contributed by atoms with Crippen LogP contribution in [0.3, 0.4) is 0 Å². The third-order valence-electron chi connectivity index (χ3n) is 2.71. The van der Waals surface area contributed by atoms with Gasteiger partial charge in [-0.05, 0) is 30.3 Å². The summed E-state index contributed by atoms with van der Waals surface area (Å²) in [4.78, 5) is 23.9. The number of rotatable bonds is 3. The highest BCUT2D eigenvalue weighted by Crippen LogP contribution is 2.17. The summed E-state index contributed by atoms with van der Waals surface area (Å²) < 4.78 is 4.65. The average Bonchev–Trinajstić information content (AvgIpc) is 2.46. The molecule has 0 heterocycles. The molecule has 4 heteroatoms. The van der Waals surface area contributed by atoms with E-state index in [1.54, 1.807) is 24.3 Å². The van der Waals surface area contributed by atoms with Crippen LogP contribution in [-0.4, -0.2) is 24.0 Å². The number of hydrogen-bond acceptors (Lipinski definition) is 4. The molecule has 19 heavy (non-hydrogen) atoms. The Kier molecular flexibility index (Phi) is 3.61. The van der Waals surface area contributed by atoms with E-state index >= 15 is 0 Å². The first-order chi connectivity index (χ1) is 9.13. The minimum atomic E-state index is -0.553. The van der Waals surface area contributed by atoms with Crippen LogP contribution in [-0.2, 0) is 4.74 Å². The second-order valence-electron chi connectivity index (χ2n) is 3.91. The topological polar surface area (TPSA) is 63.6 Å². The second-order valence-corrected chi connectivity index (χ2v) is 3.91. The molecule has 2 rings (SSSR count). The first kappa shape index (κ1) is 12.8. The van der Waals surface area contributed by atoms with Crippen LogP contribution in [0.5, 0.6) is 5.75 Å². The molecule has 0 aliphatic heterocycles. The molecule has 2 aromatic carbocycles. The number of hydrogen-bond donors (Lipinski definition) is 1. The first-order valence-electron chi connectivity index (χ1n) is 5.64. The monoisotopic (exact) mass is 256 g/mol. The molecule has 0 fully saturated rings. The number of carbonyl (C=O) groups excluding carboxylic acids is 2. The quantitative estimate of drug-likeness (QED) is 0.676. The van der Waals surface area contributed by atoms with Crippen LogP contribution in [0.4, 0.5) is 0 Å². The van der Waals surface area contributed by atoms with E-state index in [9.17, 15) is 14.7 Å². The highest BCUT2D eigenvalue weighted by molar-refractivity contribution is 6.14. The van der Waals surface area contributed by atoms with Gasteiger partial charge in [-0.1, -0.05) is 18.2 Å². The fourth-order valence-electron chi connectivity index (χ4n) is 1.74. The molecule has 0 bridgehead atoms. The number of ketones is 1. The summed E-state index contributed by atoms with van der Waals surface area (Å²) in [6.45, 7) is 0. The number of aromatic hydroxyl groups is 1. The van der Waals surface area contributed by atoms with Crippen molar-refractivity contribution in [3.63, 3.8) is 0 Å². The van der Waals surface area contributed by atoms with Crippen molar-refractivity contribution in [2.45, 2.75) is 0 Å². The van der Waals surface area contributed by atoms with Crippen molar-refractivity contribution >= 4 is 11.8 Å². The van der Waals surface area contributed by atoms with Crippen molar-refractivity contribution in [2.24, 2.45) is 0 Å². The molecule has 4 nitrogen and oxygen atoms in total. The minimum Gasteiger partial charge on any atom is -0.508 e. The molecule has 0 radical (unpaired) electrons. The molecule has 2 aromatic rings. The molecule has 0 aromatic heterocycles. The standard InChI is InChI=1S/C15H12O4/c1-19-15(18)13-5-3-2-4-12(13)14(17)10-6-8-11(16)9-7-10/h2-9,16H,1H3. The Morgan fingerprint density at radius 2 is 1.53 bits per heavy atom. The van der Waals surface area contributed by atoms with Crippen molar-refractivity contribution in [3.05, 3.63) is 65.2 Å². The van der Waals surface area contributed by atoms with Crippen LogP contribution in [0.15, 0.2) is 48.5 Å². The molecule has 0 aliphatic rings. The molecule has 0 aliphatic carbocycles. The van der Waals surface area contributed by atoms with E-state index in [2.05, 4.69) is 4.74 Å². The van der Waals surface area contributed by atoms with Gasteiger partial charge < -0.3 is 9.84 Å². The Morgan fingerprint density at radius 3 is 2.11 bits per heavy atom. The van der Waals surface area contributed by atoms with Gasteiger partial charge in [0.2, 0.25) is 0 Å². The predicted octanol–water partition coefficient (Wildman–Crippen LogP) is 2.41. The van der Waals surface area contributed by atoms with Crippen molar-refractivity contribution in [1.29, 1.82) is 0 Å². The van der Waals surface area contributed by atoms with E-state index in [1.807, 2.05) is 0 Å². The zero-order valence-corrected chi connectivity index (χ0v) is 10.3. The van der Waals surface area contributed by atoms with Crippen LogP contribution in [0, 0.1) is 0 Å². The maximum absolute atomic E-state index is 12.3. The number of benzene rings is 2. The molecular weight excluding hydrogens is 244 g/mol. The summed E-state index contributed by atoms with van der Waals surface area (Å²) in [6, 6.07) is 12.3. The zero-order valence-electron chi connectivity index (χ0n) is 10.3. The summed E-state index contributed by atoms with van der Waals surface area (Å²) in [5, 5.41) is 9.20. The lowest BCUT2D eigenvalue weighted by atomic mass is 9.98. The molecule has 0 unspecified atom stereocenters. The van der Waals surface area contributed by atoms with Gasteiger partial charge >= 0.3 is 5.97 Å². The van der Waals surface area contributed by atoms with Crippen LogP contribution in [0.2, 0.25) is 0 Å². The Balaban J connectivity index is 2.44. The van der Waals surface area contributed by atoms with Crippen LogP contribution < -0.4 is 0 Å². The number of phenolic OH excluding ortho intramolecular Hbond substituents is 1. The zero-order chi connectivity index (χ0) is 13.8. The summed E-state index contributed by atoms with van der Waals surface area (Å²) in [6.07, 6.45) is 0. The van der Waals surface area contributed by atoms with Crippen LogP contribution in [0.25, 0.3) is 0 Å². The lowest BCUT2D eigenvalue weighted by molar-refractivity contribution is 0.0597. The van der Waals surface area contributed by atoms with Crippen molar-refractivity contribution < 1.29 is 19.4 Å². The van der Waals surface area contributed by atoms with Gasteiger partial charge in [0.15, 0.2) is 5.78 Å². The van der Waals surface area contributed by atoms with Gasteiger partial charge in [0.25, 0.3) is 0 Å². The lowest BCUT2D eigenvalue weighted by Crippen LogP contribution is -2.11. The fraction of sp³-hybridized carbons (Fsp3) is 0.0667. The van der Waals surface area contributed by atoms with Gasteiger partial charge in [-0.3, -0.25) is 4.79 Å². The molecular formula is C15H12O4. The number of phenols is 1. The summed E-state index contributed by atoms with van der Waals surface area (Å²) >= 11 is 0. The number of esters is 1. The van der Waals surface area contributed by atoms with Crippen LogP contribution in [0.1, 0.15) is 26.3 Å². The van der Waals surface area contributed by atoms with Gasteiger partial charge in [-0.2, -0.15) is 0 Å². The van der Waals surface area contributed by atoms with Gasteiger partial charge in [0.05, 0.1) is 12.7 Å². The molecule has 0 spiro atoms. The fourth-order valence-corrected chi connectivity index (χ4v) is 1.74. The number of methoxy groups -OCH3 is 1. The predicted molar refractivity (Wildman–Crippen MR) is 69.3 cm³/mol. The Labute approximate surface area is 110 Å². The molecule has 96 valence electrons. The summed E-state index contributed by atoms with van der Waals surface area (Å²) in [5.41, 5.74) is 0.900. The summed E-state index contributed by atoms with van der Waals surface area (Å²) in [7, 11) is 1.27. The Hall–Kier alpha value is -2.62. The maximum atomic E-state index is 12.3. The summed E-state index contributed by atoms with van der Waals surface area (Å²) in [5.74, 6) is -0.762. The number of ether oxygens (including phenoxy) is 1. The second kappa shape index (κ2) is 5.35. The number of carbonyl (C=O) groups is 2. The normalized spacial score (nSPS) is 9.95. The van der Waals surface area contributed by atoms with Crippen molar-refractivity contribution in [2.75, 3.05) is 7.11 Å². The van der Waals surface area contributed by atoms with E-state index in [-0.39, 0.29) is 22.7 Å². The van der Waals surface area contributed by atoms with Crippen molar-refractivity contribution in [3.8, 4) is 5.75 Å². The van der Waals surface area contributed by atoms with E-state index in [0.717, 1.165) is 0 Å². The van der Waals surface area contributed by atoms with E-state index < -0.39 is 5.97 Å². The van der Waals surface area contributed by atoms with E-state index in [4.69, 9.17) is 0 Å². The van der Waals surface area contributed by atoms with E-state index in [1.165, 1.54) is 31.4 Å². The van der Waals surface area contributed by atoms with Gasteiger partial charge in [0, 0.05) is 11.1 Å². The van der Waals surface area contributed by atoms with Crippen LogP contribution >= 0.6 is 0 Å². The molecule has 0 amide bonds.